The van der Waals surface area contributed by atoms with Crippen LogP contribution in [0, 0.1) is 5.92 Å². The zero-order valence-corrected chi connectivity index (χ0v) is 25.4. The van der Waals surface area contributed by atoms with Gasteiger partial charge in [0.15, 0.2) is 0 Å². The van der Waals surface area contributed by atoms with Gasteiger partial charge in [0.2, 0.25) is 23.6 Å². The van der Waals surface area contributed by atoms with Crippen molar-refractivity contribution in [3.8, 4) is 0 Å². The lowest BCUT2D eigenvalue weighted by molar-refractivity contribution is -0.136. The molecule has 0 saturated heterocycles. The predicted molar refractivity (Wildman–Crippen MR) is 156 cm³/mol. The third-order valence-electron chi connectivity index (χ3n) is 5.59. The maximum absolute atomic E-state index is 13.3. The highest BCUT2D eigenvalue weighted by Gasteiger charge is 2.31. The number of hydrogen-bond donors (Lipinski definition) is 7. The molecule has 15 nitrogen and oxygen atoms in total. The molecular weight excluding hydrogens is 562 g/mol. The van der Waals surface area contributed by atoms with Crippen LogP contribution in [0.3, 0.4) is 0 Å². The molecule has 0 saturated carbocycles. The summed E-state index contributed by atoms with van der Waals surface area (Å²) in [6.45, 7) is 8.50. The van der Waals surface area contributed by atoms with Crippen molar-refractivity contribution in [2.45, 2.75) is 84.2 Å². The number of carbonyl (C=O) groups is 6. The number of hydrogen-bond acceptors (Lipinski definition) is 9. The maximum atomic E-state index is 13.3. The molecule has 0 aromatic heterocycles. The van der Waals surface area contributed by atoms with Gasteiger partial charge in [0.05, 0.1) is 19.6 Å². The van der Waals surface area contributed by atoms with E-state index in [1.54, 1.807) is 20.8 Å². The number of ether oxygens (including phenoxy) is 2. The fourth-order valence-corrected chi connectivity index (χ4v) is 3.67. The van der Waals surface area contributed by atoms with E-state index in [0.29, 0.717) is 0 Å². The Kier molecular flexibility index (Phi) is 15.7. The van der Waals surface area contributed by atoms with Crippen LogP contribution in [0.1, 0.15) is 59.4 Å². The molecule has 6 amide bonds. The monoisotopic (exact) mass is 607 g/mol. The van der Waals surface area contributed by atoms with Crippen LogP contribution in [0.2, 0.25) is 0 Å². The van der Waals surface area contributed by atoms with Crippen LogP contribution >= 0.6 is 0 Å². The van der Waals surface area contributed by atoms with Crippen molar-refractivity contribution in [3.63, 3.8) is 0 Å². The minimum Gasteiger partial charge on any atom is -0.444 e. The summed E-state index contributed by atoms with van der Waals surface area (Å²) in [5.74, 6) is 1.39. The van der Waals surface area contributed by atoms with Crippen molar-refractivity contribution >= 4 is 35.6 Å². The molecule has 0 bridgehead atoms. The molecule has 9 N–H and O–H groups in total. The predicted octanol–water partition coefficient (Wildman–Crippen LogP) is -0.516. The first-order valence-corrected chi connectivity index (χ1v) is 13.9. The van der Waals surface area contributed by atoms with E-state index in [0.717, 1.165) is 5.56 Å². The number of benzene rings is 1. The van der Waals surface area contributed by atoms with Crippen LogP contribution in [-0.2, 0) is 40.1 Å². The third-order valence-corrected chi connectivity index (χ3v) is 5.59. The van der Waals surface area contributed by atoms with E-state index in [1.165, 1.54) is 0 Å². The van der Waals surface area contributed by atoms with Crippen molar-refractivity contribution in [3.05, 3.63) is 35.9 Å². The van der Waals surface area contributed by atoms with Gasteiger partial charge in [-0.2, -0.15) is 0 Å². The molecule has 0 aliphatic carbocycles. The van der Waals surface area contributed by atoms with Gasteiger partial charge in [-0.05, 0) is 38.7 Å². The molecular formula is C28H45N7O8. The van der Waals surface area contributed by atoms with Crippen molar-refractivity contribution in [2.24, 2.45) is 17.5 Å². The van der Waals surface area contributed by atoms with Crippen LogP contribution in [0.25, 0.3) is 0 Å². The molecule has 0 fully saturated rings. The number of carbonyl (C=O) groups excluding carboxylic acids is 6. The van der Waals surface area contributed by atoms with Gasteiger partial charge in [-0.25, -0.2) is 10.6 Å². The number of rotatable bonds is 17. The van der Waals surface area contributed by atoms with Crippen LogP contribution in [-0.4, -0.2) is 72.5 Å². The molecule has 0 heterocycles. The molecule has 3 atom stereocenters. The van der Waals surface area contributed by atoms with Crippen LogP contribution in [0.5, 0.6) is 0 Å². The van der Waals surface area contributed by atoms with Gasteiger partial charge >= 0.3 is 6.09 Å². The standard InChI is InChI=1S/C28H45N7O8/c1-17(2)13-19(26(40)35-30)33-24(38)20(14-22(29)36)34-25(39)21(16-42-15-18-9-7-6-8-10-18)32-23(37)11-12-31-27(41)43-28(3,4)5/h6-10,17,19-21H,11-16,30H2,1-5H3,(H2,29,36)(H,31,41)(H,32,37)(H,33,38)(H,34,39)(H,35,40)/t19-,20-,21-/m0/s1. The summed E-state index contributed by atoms with van der Waals surface area (Å²) in [5, 5.41) is 9.88. The molecule has 0 radical (unpaired) electrons. The van der Waals surface area contributed by atoms with Crippen molar-refractivity contribution in [2.75, 3.05) is 13.2 Å². The Hall–Kier alpha value is -4.24. The first-order chi connectivity index (χ1) is 20.1. The zero-order valence-electron chi connectivity index (χ0n) is 25.4. The molecule has 0 aliphatic heterocycles. The van der Waals surface area contributed by atoms with Gasteiger partial charge in [0.25, 0.3) is 5.91 Å². The van der Waals surface area contributed by atoms with Crippen molar-refractivity contribution < 1.29 is 38.2 Å². The number of amides is 6. The van der Waals surface area contributed by atoms with Crippen LogP contribution in [0.15, 0.2) is 30.3 Å². The first kappa shape index (κ1) is 36.8. The van der Waals surface area contributed by atoms with Gasteiger partial charge in [-0.3, -0.25) is 29.4 Å². The summed E-state index contributed by atoms with van der Waals surface area (Å²) >= 11 is 0. The summed E-state index contributed by atoms with van der Waals surface area (Å²) in [4.78, 5) is 74.8. The SMILES string of the molecule is CC(C)C[C@H](NC(=O)[C@H](CC(N)=O)NC(=O)[C@H](COCc1ccccc1)NC(=O)CCNC(=O)OC(C)(C)C)C(=O)NN. The number of primary amides is 1. The minimum atomic E-state index is -1.47. The number of hydrazine groups is 1. The quantitative estimate of drug-likeness (QED) is 0.0685. The smallest absolute Gasteiger partial charge is 0.407 e. The molecule has 1 aromatic carbocycles. The van der Waals surface area contributed by atoms with Gasteiger partial charge in [0.1, 0.15) is 23.7 Å². The summed E-state index contributed by atoms with van der Waals surface area (Å²) in [5.41, 5.74) is 7.39. The Morgan fingerprint density at radius 2 is 1.47 bits per heavy atom. The second-order valence-electron chi connectivity index (χ2n) is 11.2. The summed E-state index contributed by atoms with van der Waals surface area (Å²) in [6, 6.07) is 5.29. The highest BCUT2D eigenvalue weighted by atomic mass is 16.6. The fourth-order valence-electron chi connectivity index (χ4n) is 3.67. The Balaban J connectivity index is 2.99. The average Bonchev–Trinajstić information content (AvgIpc) is 2.90. The average molecular weight is 608 g/mol. The molecule has 0 spiro atoms. The molecule has 0 aliphatic rings. The van der Waals surface area contributed by atoms with E-state index in [9.17, 15) is 28.8 Å². The molecule has 240 valence electrons. The number of nitrogens with two attached hydrogens (primary N) is 2. The van der Waals surface area contributed by atoms with E-state index >= 15 is 0 Å². The largest absolute Gasteiger partial charge is 0.444 e. The van der Waals surface area contributed by atoms with E-state index in [1.807, 2.05) is 49.6 Å². The Morgan fingerprint density at radius 3 is 2.02 bits per heavy atom. The van der Waals surface area contributed by atoms with Gasteiger partial charge in [0, 0.05) is 13.0 Å². The highest BCUT2D eigenvalue weighted by Crippen LogP contribution is 2.08. The van der Waals surface area contributed by atoms with Crippen LogP contribution < -0.4 is 38.3 Å². The second-order valence-corrected chi connectivity index (χ2v) is 11.2. The van der Waals surface area contributed by atoms with Gasteiger partial charge in [-0.1, -0.05) is 44.2 Å². The molecule has 1 aromatic rings. The van der Waals surface area contributed by atoms with E-state index in [-0.39, 0.29) is 38.5 Å². The maximum Gasteiger partial charge on any atom is 0.407 e. The normalized spacial score (nSPS) is 13.2. The third kappa shape index (κ3) is 16.1. The lowest BCUT2D eigenvalue weighted by Crippen LogP contribution is -2.58. The van der Waals surface area contributed by atoms with E-state index < -0.39 is 65.8 Å². The Labute approximate surface area is 251 Å². The summed E-state index contributed by atoms with van der Waals surface area (Å²) < 4.78 is 10.8. The molecule has 1 rings (SSSR count). The summed E-state index contributed by atoms with van der Waals surface area (Å²) in [6.07, 6.45) is -1.25. The molecule has 0 unspecified atom stereocenters. The molecule has 43 heavy (non-hydrogen) atoms. The number of nitrogens with one attached hydrogen (secondary N) is 5. The van der Waals surface area contributed by atoms with Crippen molar-refractivity contribution in [1.29, 1.82) is 0 Å². The second kappa shape index (κ2) is 18.3. The fraction of sp³-hybridized carbons (Fsp3) is 0.571. The zero-order chi connectivity index (χ0) is 32.6. The van der Waals surface area contributed by atoms with E-state index in [4.69, 9.17) is 21.1 Å². The minimum absolute atomic E-state index is 0.00190. The van der Waals surface area contributed by atoms with Gasteiger partial charge in [-0.15, -0.1) is 0 Å². The Bertz CT molecular complexity index is 1090. The van der Waals surface area contributed by atoms with Gasteiger partial charge < -0.3 is 36.5 Å². The lowest BCUT2D eigenvalue weighted by atomic mass is 10.0. The topological polar surface area (TPSA) is 233 Å². The summed E-state index contributed by atoms with van der Waals surface area (Å²) in [7, 11) is 0. The number of alkyl carbamates (subject to hydrolysis) is 1. The van der Waals surface area contributed by atoms with Crippen LogP contribution in [0.4, 0.5) is 4.79 Å². The first-order valence-electron chi connectivity index (χ1n) is 13.9. The van der Waals surface area contributed by atoms with E-state index in [2.05, 4.69) is 21.3 Å². The highest BCUT2D eigenvalue weighted by molar-refractivity contribution is 5.96. The molecule has 15 heteroatoms. The van der Waals surface area contributed by atoms with Crippen molar-refractivity contribution in [1.82, 2.24) is 26.7 Å². The lowest BCUT2D eigenvalue weighted by Gasteiger charge is -2.25. The Morgan fingerprint density at radius 1 is 0.860 bits per heavy atom.